The van der Waals surface area contributed by atoms with Gasteiger partial charge >= 0.3 is 0 Å². The fourth-order valence-electron chi connectivity index (χ4n) is 2.54. The Morgan fingerprint density at radius 3 is 3.00 bits per heavy atom. The minimum absolute atomic E-state index is 0.0806. The molecule has 1 N–H and O–H groups in total. The van der Waals surface area contributed by atoms with E-state index in [2.05, 4.69) is 5.32 Å². The van der Waals surface area contributed by atoms with Crippen LogP contribution in [0, 0.1) is 17.2 Å². The third-order valence-corrected chi connectivity index (χ3v) is 4.89. The van der Waals surface area contributed by atoms with Crippen LogP contribution in [0.4, 0.5) is 0 Å². The summed E-state index contributed by atoms with van der Waals surface area (Å²) in [5.41, 5.74) is 0. The monoisotopic (exact) mass is 229 g/mol. The summed E-state index contributed by atoms with van der Waals surface area (Å²) in [6.07, 6.45) is 2.00. The molecule has 0 radical (unpaired) electrons. The Kier molecular flexibility index (Phi) is 2.96. The lowest BCUT2D eigenvalue weighted by Gasteiger charge is -2.35. The van der Waals surface area contributed by atoms with Gasteiger partial charge in [0.25, 0.3) is 0 Å². The van der Waals surface area contributed by atoms with E-state index < -0.39 is 15.8 Å². The van der Waals surface area contributed by atoms with E-state index in [4.69, 9.17) is 5.26 Å². The molecule has 84 valence electrons. The zero-order valence-corrected chi connectivity index (χ0v) is 9.33. The van der Waals surface area contributed by atoms with Crippen LogP contribution in [0.15, 0.2) is 0 Å². The Balaban J connectivity index is 2.18. The second kappa shape index (κ2) is 4.08. The van der Waals surface area contributed by atoms with Crippen molar-refractivity contribution in [2.45, 2.75) is 18.9 Å². The molecule has 2 fully saturated rings. The van der Waals surface area contributed by atoms with E-state index in [-0.39, 0.29) is 6.04 Å². The van der Waals surface area contributed by atoms with Gasteiger partial charge in [-0.2, -0.15) is 9.57 Å². The zero-order valence-electron chi connectivity index (χ0n) is 8.52. The molecule has 15 heavy (non-hydrogen) atoms. The van der Waals surface area contributed by atoms with Crippen molar-refractivity contribution in [1.29, 1.82) is 5.26 Å². The quantitative estimate of drug-likeness (QED) is 0.694. The highest BCUT2D eigenvalue weighted by molar-refractivity contribution is 7.89. The average Bonchev–Trinajstić information content (AvgIpc) is 2.64. The Morgan fingerprint density at radius 2 is 2.27 bits per heavy atom. The van der Waals surface area contributed by atoms with E-state index in [1.54, 1.807) is 6.07 Å². The van der Waals surface area contributed by atoms with Gasteiger partial charge in [-0.3, -0.25) is 0 Å². The van der Waals surface area contributed by atoms with Crippen molar-refractivity contribution >= 4 is 10.0 Å². The Morgan fingerprint density at radius 1 is 1.47 bits per heavy atom. The molecule has 2 aliphatic rings. The maximum absolute atomic E-state index is 11.8. The lowest BCUT2D eigenvalue weighted by Crippen LogP contribution is -2.48. The van der Waals surface area contributed by atoms with Gasteiger partial charge in [0.05, 0.1) is 6.07 Å². The standard InChI is InChI=1S/C9H15N3O2S/c10-3-5-15(13,14)12-4-1-2-8-6-11-7-9(8)12/h8-9,11H,1-2,4-7H2. The van der Waals surface area contributed by atoms with E-state index in [1.807, 2.05) is 0 Å². The number of nitriles is 1. The van der Waals surface area contributed by atoms with Gasteiger partial charge < -0.3 is 5.32 Å². The molecule has 0 aliphatic carbocycles. The van der Waals surface area contributed by atoms with Crippen LogP contribution in [0.2, 0.25) is 0 Å². The summed E-state index contributed by atoms with van der Waals surface area (Å²) in [6, 6.07) is 1.82. The van der Waals surface area contributed by atoms with Crippen molar-refractivity contribution < 1.29 is 8.42 Å². The van der Waals surface area contributed by atoms with E-state index in [0.29, 0.717) is 12.5 Å². The van der Waals surface area contributed by atoms with Gasteiger partial charge in [-0.15, -0.1) is 0 Å². The molecular formula is C9H15N3O2S. The van der Waals surface area contributed by atoms with E-state index in [9.17, 15) is 8.42 Å². The number of fused-ring (bicyclic) bond motifs is 1. The number of sulfonamides is 1. The summed E-state index contributed by atoms with van der Waals surface area (Å²) < 4.78 is 25.1. The first-order valence-corrected chi connectivity index (χ1v) is 6.83. The van der Waals surface area contributed by atoms with Crippen molar-refractivity contribution in [3.8, 4) is 6.07 Å². The maximum Gasteiger partial charge on any atom is 0.227 e. The molecule has 0 aromatic heterocycles. The number of hydrogen-bond acceptors (Lipinski definition) is 4. The highest BCUT2D eigenvalue weighted by Crippen LogP contribution is 2.28. The molecule has 0 aromatic carbocycles. The first-order chi connectivity index (χ1) is 7.15. The van der Waals surface area contributed by atoms with Gasteiger partial charge in [-0.1, -0.05) is 0 Å². The van der Waals surface area contributed by atoms with Crippen molar-refractivity contribution in [2.24, 2.45) is 5.92 Å². The summed E-state index contributed by atoms with van der Waals surface area (Å²) in [7, 11) is -3.36. The predicted molar refractivity (Wildman–Crippen MR) is 55.5 cm³/mol. The first kappa shape index (κ1) is 10.9. The minimum Gasteiger partial charge on any atom is -0.315 e. The fraction of sp³-hybridized carbons (Fsp3) is 0.889. The number of hydrogen-bond donors (Lipinski definition) is 1. The molecule has 2 unspecified atom stereocenters. The zero-order chi connectivity index (χ0) is 10.9. The number of nitrogens with one attached hydrogen (secondary N) is 1. The molecule has 0 aromatic rings. The highest BCUT2D eigenvalue weighted by atomic mass is 32.2. The second-order valence-corrected chi connectivity index (χ2v) is 6.07. The first-order valence-electron chi connectivity index (χ1n) is 5.22. The lowest BCUT2D eigenvalue weighted by atomic mass is 9.94. The molecule has 2 aliphatic heterocycles. The lowest BCUT2D eigenvalue weighted by molar-refractivity contribution is 0.218. The van der Waals surface area contributed by atoms with Crippen molar-refractivity contribution in [3.63, 3.8) is 0 Å². The van der Waals surface area contributed by atoms with Crippen LogP contribution >= 0.6 is 0 Å². The average molecular weight is 229 g/mol. The van der Waals surface area contributed by atoms with E-state index in [1.165, 1.54) is 4.31 Å². The molecule has 2 saturated heterocycles. The minimum atomic E-state index is -3.36. The summed E-state index contributed by atoms with van der Waals surface area (Å²) >= 11 is 0. The molecule has 5 nitrogen and oxygen atoms in total. The molecule has 0 spiro atoms. The molecule has 0 amide bonds. The summed E-state index contributed by atoms with van der Waals surface area (Å²) in [4.78, 5) is 0. The largest absolute Gasteiger partial charge is 0.315 e. The van der Waals surface area contributed by atoms with Crippen LogP contribution in [0.1, 0.15) is 12.8 Å². The molecule has 2 atom stereocenters. The van der Waals surface area contributed by atoms with Crippen LogP contribution in [-0.2, 0) is 10.0 Å². The number of nitrogens with zero attached hydrogens (tertiary/aromatic N) is 2. The number of rotatable bonds is 2. The highest BCUT2D eigenvalue weighted by Gasteiger charge is 2.40. The summed E-state index contributed by atoms with van der Waals surface area (Å²) in [5, 5.41) is 11.7. The Labute approximate surface area is 90.1 Å². The molecule has 6 heteroatoms. The van der Waals surface area contributed by atoms with Crippen LogP contribution < -0.4 is 5.32 Å². The second-order valence-electron chi connectivity index (χ2n) is 4.15. The van der Waals surface area contributed by atoms with Gasteiger partial charge in [-0.05, 0) is 25.3 Å². The van der Waals surface area contributed by atoms with Gasteiger partial charge in [0, 0.05) is 19.1 Å². The van der Waals surface area contributed by atoms with Crippen molar-refractivity contribution in [1.82, 2.24) is 9.62 Å². The van der Waals surface area contributed by atoms with Crippen molar-refractivity contribution in [2.75, 3.05) is 25.4 Å². The summed E-state index contributed by atoms with van der Waals surface area (Å²) in [6.45, 7) is 2.21. The van der Waals surface area contributed by atoms with Gasteiger partial charge in [0.15, 0.2) is 5.75 Å². The van der Waals surface area contributed by atoms with E-state index >= 15 is 0 Å². The van der Waals surface area contributed by atoms with Crippen LogP contribution in [0.3, 0.4) is 0 Å². The van der Waals surface area contributed by atoms with Crippen LogP contribution in [-0.4, -0.2) is 44.2 Å². The number of piperidine rings is 1. The van der Waals surface area contributed by atoms with Gasteiger partial charge in [-0.25, -0.2) is 8.42 Å². The maximum atomic E-state index is 11.8. The smallest absolute Gasteiger partial charge is 0.227 e. The predicted octanol–water partition coefficient (Wildman–Crippen LogP) is -0.476. The normalized spacial score (nSPS) is 32.2. The molecule has 0 bridgehead atoms. The summed E-state index contributed by atoms with van der Waals surface area (Å²) in [5.74, 6) is 0.0446. The SMILES string of the molecule is N#CCS(=O)(=O)N1CCCC2CNCC21. The molecular weight excluding hydrogens is 214 g/mol. The van der Waals surface area contributed by atoms with Gasteiger partial charge in [0.2, 0.25) is 10.0 Å². The fourth-order valence-corrected chi connectivity index (χ4v) is 3.93. The van der Waals surface area contributed by atoms with Crippen molar-refractivity contribution in [3.05, 3.63) is 0 Å². The third kappa shape index (κ3) is 2.00. The van der Waals surface area contributed by atoms with E-state index in [0.717, 1.165) is 25.9 Å². The Hall–Kier alpha value is -0.640. The molecule has 2 heterocycles. The van der Waals surface area contributed by atoms with Crippen LogP contribution in [0.25, 0.3) is 0 Å². The van der Waals surface area contributed by atoms with Gasteiger partial charge in [0.1, 0.15) is 0 Å². The third-order valence-electron chi connectivity index (χ3n) is 3.23. The molecule has 0 saturated carbocycles. The van der Waals surface area contributed by atoms with Crippen LogP contribution in [0.5, 0.6) is 0 Å². The molecule has 2 rings (SSSR count). The topological polar surface area (TPSA) is 73.2 Å². The Bertz CT molecular complexity index is 373.